The second-order valence-corrected chi connectivity index (χ2v) is 4.08. The molecular weight excluding hydrogens is 204 g/mol. The van der Waals surface area contributed by atoms with Crippen LogP contribution in [0, 0.1) is 0 Å². The van der Waals surface area contributed by atoms with E-state index in [-0.39, 0.29) is 24.6 Å². The van der Waals surface area contributed by atoms with Crippen LogP contribution < -0.4 is 10.6 Å². The SMILES string of the molecule is CCC(CCO)NCC(=O)NC(CC)CC. The summed E-state index contributed by atoms with van der Waals surface area (Å²) in [7, 11) is 0. The van der Waals surface area contributed by atoms with E-state index in [1.165, 1.54) is 0 Å². The van der Waals surface area contributed by atoms with Gasteiger partial charge in [-0.2, -0.15) is 0 Å². The third-order valence-corrected chi connectivity index (χ3v) is 2.87. The van der Waals surface area contributed by atoms with E-state index in [4.69, 9.17) is 5.11 Å². The van der Waals surface area contributed by atoms with Crippen LogP contribution in [0.15, 0.2) is 0 Å². The molecule has 4 nitrogen and oxygen atoms in total. The standard InChI is InChI=1S/C12H26N2O2/c1-4-10(5-2)14-12(16)9-13-11(6-3)7-8-15/h10-11,13,15H,4-9H2,1-3H3,(H,14,16). The first-order valence-electron chi connectivity index (χ1n) is 6.31. The largest absolute Gasteiger partial charge is 0.396 e. The molecule has 1 atom stereocenters. The maximum atomic E-state index is 11.6. The lowest BCUT2D eigenvalue weighted by Crippen LogP contribution is -2.43. The Morgan fingerprint density at radius 3 is 2.12 bits per heavy atom. The fourth-order valence-corrected chi connectivity index (χ4v) is 1.61. The highest BCUT2D eigenvalue weighted by Gasteiger charge is 2.10. The van der Waals surface area contributed by atoms with Gasteiger partial charge in [0.05, 0.1) is 6.54 Å². The predicted octanol–water partition coefficient (Wildman–Crippen LogP) is 1.04. The molecule has 0 saturated heterocycles. The summed E-state index contributed by atoms with van der Waals surface area (Å²) in [5.74, 6) is 0.0464. The first kappa shape index (κ1) is 15.4. The number of carbonyl (C=O) groups is 1. The molecule has 0 heterocycles. The van der Waals surface area contributed by atoms with E-state index in [2.05, 4.69) is 24.5 Å². The van der Waals surface area contributed by atoms with Crippen LogP contribution in [-0.2, 0) is 4.79 Å². The zero-order chi connectivity index (χ0) is 12.4. The van der Waals surface area contributed by atoms with Crippen molar-refractivity contribution in [1.29, 1.82) is 0 Å². The molecule has 0 spiro atoms. The monoisotopic (exact) mass is 230 g/mol. The Balaban J connectivity index is 3.78. The molecule has 0 aliphatic heterocycles. The molecule has 1 amide bonds. The third kappa shape index (κ3) is 6.80. The lowest BCUT2D eigenvalue weighted by molar-refractivity contribution is -0.121. The summed E-state index contributed by atoms with van der Waals surface area (Å²) in [6.45, 7) is 6.70. The third-order valence-electron chi connectivity index (χ3n) is 2.87. The average Bonchev–Trinajstić information content (AvgIpc) is 2.31. The molecule has 0 aromatic carbocycles. The summed E-state index contributed by atoms with van der Waals surface area (Å²) in [5, 5.41) is 14.9. The molecule has 0 rings (SSSR count). The number of nitrogens with one attached hydrogen (secondary N) is 2. The van der Waals surface area contributed by atoms with Gasteiger partial charge in [-0.3, -0.25) is 4.79 Å². The van der Waals surface area contributed by atoms with Crippen LogP contribution >= 0.6 is 0 Å². The molecule has 0 aromatic heterocycles. The van der Waals surface area contributed by atoms with E-state index in [1.807, 2.05) is 6.92 Å². The van der Waals surface area contributed by atoms with Crippen molar-refractivity contribution in [3.63, 3.8) is 0 Å². The number of aliphatic hydroxyl groups is 1. The number of rotatable bonds is 9. The first-order chi connectivity index (χ1) is 7.67. The molecule has 0 bridgehead atoms. The highest BCUT2D eigenvalue weighted by Crippen LogP contribution is 1.97. The van der Waals surface area contributed by atoms with Gasteiger partial charge in [0.15, 0.2) is 0 Å². The molecule has 0 aliphatic carbocycles. The summed E-state index contributed by atoms with van der Waals surface area (Å²) >= 11 is 0. The van der Waals surface area contributed by atoms with Crippen molar-refractivity contribution in [1.82, 2.24) is 10.6 Å². The Bertz CT molecular complexity index is 182. The van der Waals surface area contributed by atoms with E-state index in [1.54, 1.807) is 0 Å². The highest BCUT2D eigenvalue weighted by molar-refractivity contribution is 5.78. The number of hydrogen-bond donors (Lipinski definition) is 3. The quantitative estimate of drug-likeness (QED) is 0.554. The summed E-state index contributed by atoms with van der Waals surface area (Å²) in [4.78, 5) is 11.6. The van der Waals surface area contributed by atoms with Gasteiger partial charge in [0.25, 0.3) is 0 Å². The van der Waals surface area contributed by atoms with Crippen molar-refractivity contribution in [3.8, 4) is 0 Å². The normalized spacial score (nSPS) is 12.8. The smallest absolute Gasteiger partial charge is 0.234 e. The summed E-state index contributed by atoms with van der Waals surface area (Å²) < 4.78 is 0. The Labute approximate surface area is 98.8 Å². The minimum Gasteiger partial charge on any atom is -0.396 e. The summed E-state index contributed by atoms with van der Waals surface area (Å²) in [6.07, 6.45) is 3.57. The zero-order valence-electron chi connectivity index (χ0n) is 10.8. The number of amides is 1. The average molecular weight is 230 g/mol. The van der Waals surface area contributed by atoms with E-state index < -0.39 is 0 Å². The van der Waals surface area contributed by atoms with Crippen LogP contribution in [0.2, 0.25) is 0 Å². The van der Waals surface area contributed by atoms with E-state index in [0.717, 1.165) is 19.3 Å². The lowest BCUT2D eigenvalue weighted by Gasteiger charge is -2.18. The van der Waals surface area contributed by atoms with Gasteiger partial charge in [-0.25, -0.2) is 0 Å². The minimum absolute atomic E-state index is 0.0464. The van der Waals surface area contributed by atoms with Crippen LogP contribution in [-0.4, -0.2) is 36.2 Å². The molecule has 96 valence electrons. The van der Waals surface area contributed by atoms with E-state index >= 15 is 0 Å². The highest BCUT2D eigenvalue weighted by atomic mass is 16.3. The van der Waals surface area contributed by atoms with Gasteiger partial charge in [0.1, 0.15) is 0 Å². The number of carbonyl (C=O) groups excluding carboxylic acids is 1. The second kappa shape index (κ2) is 9.60. The van der Waals surface area contributed by atoms with Crippen LogP contribution in [0.5, 0.6) is 0 Å². The molecule has 0 fully saturated rings. The molecule has 0 radical (unpaired) electrons. The molecule has 3 N–H and O–H groups in total. The van der Waals surface area contributed by atoms with Crippen molar-refractivity contribution in [2.45, 2.75) is 58.5 Å². The first-order valence-corrected chi connectivity index (χ1v) is 6.31. The van der Waals surface area contributed by atoms with Gasteiger partial charge in [-0.15, -0.1) is 0 Å². The Hall–Kier alpha value is -0.610. The predicted molar refractivity (Wildman–Crippen MR) is 66.3 cm³/mol. The van der Waals surface area contributed by atoms with E-state index in [0.29, 0.717) is 13.0 Å². The Morgan fingerprint density at radius 2 is 1.69 bits per heavy atom. The number of hydrogen-bond acceptors (Lipinski definition) is 3. The zero-order valence-corrected chi connectivity index (χ0v) is 10.8. The van der Waals surface area contributed by atoms with Gasteiger partial charge >= 0.3 is 0 Å². The Morgan fingerprint density at radius 1 is 1.12 bits per heavy atom. The fraction of sp³-hybridized carbons (Fsp3) is 0.917. The summed E-state index contributed by atoms with van der Waals surface area (Å²) in [6, 6.07) is 0.518. The van der Waals surface area contributed by atoms with Crippen molar-refractivity contribution < 1.29 is 9.90 Å². The van der Waals surface area contributed by atoms with Crippen LogP contribution in [0.25, 0.3) is 0 Å². The molecule has 4 heteroatoms. The molecule has 16 heavy (non-hydrogen) atoms. The van der Waals surface area contributed by atoms with Crippen LogP contribution in [0.1, 0.15) is 46.5 Å². The minimum atomic E-state index is 0.0464. The Kier molecular flexibility index (Phi) is 9.24. The number of aliphatic hydroxyl groups excluding tert-OH is 1. The molecule has 0 aromatic rings. The fourth-order valence-electron chi connectivity index (χ4n) is 1.61. The van der Waals surface area contributed by atoms with Crippen molar-refractivity contribution in [3.05, 3.63) is 0 Å². The van der Waals surface area contributed by atoms with Gasteiger partial charge in [0.2, 0.25) is 5.91 Å². The maximum Gasteiger partial charge on any atom is 0.234 e. The molecular formula is C12H26N2O2. The topological polar surface area (TPSA) is 61.4 Å². The van der Waals surface area contributed by atoms with Gasteiger partial charge in [-0.1, -0.05) is 20.8 Å². The van der Waals surface area contributed by atoms with Crippen molar-refractivity contribution >= 4 is 5.91 Å². The van der Waals surface area contributed by atoms with Crippen molar-refractivity contribution in [2.24, 2.45) is 0 Å². The maximum absolute atomic E-state index is 11.6. The van der Waals surface area contributed by atoms with Gasteiger partial charge < -0.3 is 15.7 Å². The van der Waals surface area contributed by atoms with E-state index in [9.17, 15) is 4.79 Å². The lowest BCUT2D eigenvalue weighted by atomic mass is 10.1. The van der Waals surface area contributed by atoms with Gasteiger partial charge in [-0.05, 0) is 25.7 Å². The van der Waals surface area contributed by atoms with Crippen LogP contribution in [0.4, 0.5) is 0 Å². The van der Waals surface area contributed by atoms with Gasteiger partial charge in [0, 0.05) is 18.7 Å². The second-order valence-electron chi connectivity index (χ2n) is 4.08. The molecule has 0 saturated carbocycles. The molecule has 0 aliphatic rings. The van der Waals surface area contributed by atoms with Crippen LogP contribution in [0.3, 0.4) is 0 Å². The van der Waals surface area contributed by atoms with Crippen molar-refractivity contribution in [2.75, 3.05) is 13.2 Å². The summed E-state index contributed by atoms with van der Waals surface area (Å²) in [5.41, 5.74) is 0. The molecule has 1 unspecified atom stereocenters.